The van der Waals surface area contributed by atoms with Gasteiger partial charge in [-0.05, 0) is 29.3 Å². The molecule has 3 nitrogen and oxygen atoms in total. The molecule has 0 aliphatic heterocycles. The van der Waals surface area contributed by atoms with Crippen molar-refractivity contribution in [3.05, 3.63) is 66.7 Å². The van der Waals surface area contributed by atoms with E-state index in [4.69, 9.17) is 0 Å². The fraction of sp³-hybridized carbons (Fsp3) is 0.125. The van der Waals surface area contributed by atoms with E-state index in [1.165, 1.54) is 22.7 Å². The molecule has 0 amide bonds. The Labute approximate surface area is 112 Å². The quantitative estimate of drug-likeness (QED) is 0.767. The van der Waals surface area contributed by atoms with Crippen molar-refractivity contribution < 1.29 is 0 Å². The number of benzene rings is 2. The van der Waals surface area contributed by atoms with Crippen molar-refractivity contribution in [2.75, 3.05) is 5.32 Å². The van der Waals surface area contributed by atoms with Crippen LogP contribution in [0.15, 0.2) is 61.2 Å². The number of hydrogen-bond acceptors (Lipinski definition) is 3. The first-order valence-corrected chi connectivity index (χ1v) is 6.33. The number of anilines is 1. The Morgan fingerprint density at radius 2 is 1.68 bits per heavy atom. The maximum absolute atomic E-state index is 4.01. The van der Waals surface area contributed by atoms with E-state index < -0.39 is 0 Å². The summed E-state index contributed by atoms with van der Waals surface area (Å²) in [5.74, 6) is 0. The van der Waals surface area contributed by atoms with Crippen molar-refractivity contribution in [3.8, 4) is 0 Å². The first kappa shape index (κ1) is 11.7. The number of hydrogen-bond donors (Lipinski definition) is 1. The molecule has 0 aliphatic carbocycles. The SMILES string of the molecule is CC(Nc1cncnc1)c1ccc2ccccc2c1. The molecule has 1 N–H and O–H groups in total. The molecule has 0 radical (unpaired) electrons. The van der Waals surface area contributed by atoms with Gasteiger partial charge in [-0.1, -0.05) is 36.4 Å². The second-order valence-electron chi connectivity index (χ2n) is 4.60. The van der Waals surface area contributed by atoms with Crippen molar-refractivity contribution >= 4 is 16.5 Å². The summed E-state index contributed by atoms with van der Waals surface area (Å²) < 4.78 is 0. The molecule has 1 atom stereocenters. The Kier molecular flexibility index (Phi) is 3.11. The minimum absolute atomic E-state index is 0.218. The zero-order chi connectivity index (χ0) is 13.1. The highest BCUT2D eigenvalue weighted by atomic mass is 15.0. The van der Waals surface area contributed by atoms with Crippen LogP contribution in [0.3, 0.4) is 0 Å². The number of fused-ring (bicyclic) bond motifs is 1. The Balaban J connectivity index is 1.87. The van der Waals surface area contributed by atoms with Gasteiger partial charge in [-0.3, -0.25) is 0 Å². The highest BCUT2D eigenvalue weighted by Gasteiger charge is 2.06. The maximum Gasteiger partial charge on any atom is 0.115 e. The lowest BCUT2D eigenvalue weighted by molar-refractivity contribution is 0.882. The number of rotatable bonds is 3. The van der Waals surface area contributed by atoms with Gasteiger partial charge in [0.25, 0.3) is 0 Å². The lowest BCUT2D eigenvalue weighted by atomic mass is 10.0. The zero-order valence-corrected chi connectivity index (χ0v) is 10.7. The van der Waals surface area contributed by atoms with Crippen molar-refractivity contribution in [2.24, 2.45) is 0 Å². The highest BCUT2D eigenvalue weighted by molar-refractivity contribution is 5.83. The molecule has 0 bridgehead atoms. The largest absolute Gasteiger partial charge is 0.376 e. The summed E-state index contributed by atoms with van der Waals surface area (Å²) >= 11 is 0. The second-order valence-corrected chi connectivity index (χ2v) is 4.60. The molecule has 0 spiro atoms. The van der Waals surface area contributed by atoms with E-state index in [0.717, 1.165) is 5.69 Å². The van der Waals surface area contributed by atoms with Gasteiger partial charge in [-0.2, -0.15) is 0 Å². The van der Waals surface area contributed by atoms with Gasteiger partial charge in [0.15, 0.2) is 0 Å². The van der Waals surface area contributed by atoms with E-state index >= 15 is 0 Å². The fourth-order valence-electron chi connectivity index (χ4n) is 2.18. The normalized spacial score (nSPS) is 12.3. The standard InChI is InChI=1S/C16H15N3/c1-12(19-16-9-17-11-18-10-16)14-7-6-13-4-2-3-5-15(13)8-14/h2-12,19H,1H3. The zero-order valence-electron chi connectivity index (χ0n) is 10.7. The van der Waals surface area contributed by atoms with E-state index in [2.05, 4.69) is 64.7 Å². The molecule has 3 heteroatoms. The molecule has 0 saturated heterocycles. The lowest BCUT2D eigenvalue weighted by Gasteiger charge is -2.15. The molecular formula is C16H15N3. The Morgan fingerprint density at radius 1 is 0.947 bits per heavy atom. The molecule has 3 rings (SSSR count). The first-order chi connectivity index (χ1) is 9.33. The highest BCUT2D eigenvalue weighted by Crippen LogP contribution is 2.22. The number of nitrogens with one attached hydrogen (secondary N) is 1. The number of nitrogens with zero attached hydrogens (tertiary/aromatic N) is 2. The fourth-order valence-corrected chi connectivity index (χ4v) is 2.18. The monoisotopic (exact) mass is 249 g/mol. The maximum atomic E-state index is 4.01. The van der Waals surface area contributed by atoms with E-state index in [-0.39, 0.29) is 6.04 Å². The van der Waals surface area contributed by atoms with Gasteiger partial charge in [-0.15, -0.1) is 0 Å². The predicted molar refractivity (Wildman–Crippen MR) is 78.0 cm³/mol. The molecular weight excluding hydrogens is 234 g/mol. The molecule has 3 aromatic rings. The third kappa shape index (κ3) is 2.55. The summed E-state index contributed by atoms with van der Waals surface area (Å²) in [6, 6.07) is 15.1. The van der Waals surface area contributed by atoms with Crippen LogP contribution in [-0.2, 0) is 0 Å². The van der Waals surface area contributed by atoms with Crippen molar-refractivity contribution in [1.29, 1.82) is 0 Å². The summed E-state index contributed by atoms with van der Waals surface area (Å²) in [5.41, 5.74) is 2.19. The summed E-state index contributed by atoms with van der Waals surface area (Å²) in [4.78, 5) is 8.02. The van der Waals surface area contributed by atoms with Crippen LogP contribution in [0.2, 0.25) is 0 Å². The van der Waals surface area contributed by atoms with E-state index in [1.54, 1.807) is 12.4 Å². The van der Waals surface area contributed by atoms with Crippen LogP contribution in [-0.4, -0.2) is 9.97 Å². The summed E-state index contributed by atoms with van der Waals surface area (Å²) in [7, 11) is 0. The van der Waals surface area contributed by atoms with Gasteiger partial charge in [0.1, 0.15) is 6.33 Å². The van der Waals surface area contributed by atoms with E-state index in [9.17, 15) is 0 Å². The lowest BCUT2D eigenvalue weighted by Crippen LogP contribution is -2.06. The topological polar surface area (TPSA) is 37.8 Å². The molecule has 1 unspecified atom stereocenters. The first-order valence-electron chi connectivity index (χ1n) is 6.33. The summed E-state index contributed by atoms with van der Waals surface area (Å²) in [5, 5.41) is 5.93. The van der Waals surface area contributed by atoms with Crippen molar-refractivity contribution in [3.63, 3.8) is 0 Å². The Bertz CT molecular complexity index is 680. The predicted octanol–water partition coefficient (Wildman–Crippen LogP) is 3.80. The molecule has 1 heterocycles. The average Bonchev–Trinajstić information content (AvgIpc) is 2.48. The summed E-state index contributed by atoms with van der Waals surface area (Å²) in [6.45, 7) is 2.14. The Morgan fingerprint density at radius 3 is 2.47 bits per heavy atom. The third-order valence-corrected chi connectivity index (χ3v) is 3.22. The van der Waals surface area contributed by atoms with Crippen LogP contribution in [0, 0.1) is 0 Å². The van der Waals surface area contributed by atoms with Crippen molar-refractivity contribution in [1.82, 2.24) is 9.97 Å². The molecule has 0 aliphatic rings. The van der Waals surface area contributed by atoms with Crippen LogP contribution >= 0.6 is 0 Å². The van der Waals surface area contributed by atoms with Crippen LogP contribution in [0.5, 0.6) is 0 Å². The summed E-state index contributed by atoms with van der Waals surface area (Å²) in [6.07, 6.45) is 5.10. The van der Waals surface area contributed by atoms with Gasteiger partial charge in [0, 0.05) is 6.04 Å². The van der Waals surface area contributed by atoms with Gasteiger partial charge in [0.05, 0.1) is 18.1 Å². The van der Waals surface area contributed by atoms with Crippen LogP contribution < -0.4 is 5.32 Å². The van der Waals surface area contributed by atoms with Crippen LogP contribution in [0.1, 0.15) is 18.5 Å². The van der Waals surface area contributed by atoms with Gasteiger partial charge in [0.2, 0.25) is 0 Å². The van der Waals surface area contributed by atoms with Crippen LogP contribution in [0.4, 0.5) is 5.69 Å². The second kappa shape index (κ2) is 5.06. The molecule has 2 aromatic carbocycles. The van der Waals surface area contributed by atoms with E-state index in [0.29, 0.717) is 0 Å². The van der Waals surface area contributed by atoms with Gasteiger partial charge >= 0.3 is 0 Å². The van der Waals surface area contributed by atoms with Crippen molar-refractivity contribution in [2.45, 2.75) is 13.0 Å². The third-order valence-electron chi connectivity index (χ3n) is 3.22. The molecule has 0 fully saturated rings. The average molecular weight is 249 g/mol. The van der Waals surface area contributed by atoms with Gasteiger partial charge < -0.3 is 5.32 Å². The molecule has 19 heavy (non-hydrogen) atoms. The number of aromatic nitrogens is 2. The molecule has 94 valence electrons. The molecule has 1 aromatic heterocycles. The molecule has 0 saturated carbocycles. The minimum Gasteiger partial charge on any atom is -0.376 e. The van der Waals surface area contributed by atoms with Gasteiger partial charge in [-0.25, -0.2) is 9.97 Å². The van der Waals surface area contributed by atoms with Crippen LogP contribution in [0.25, 0.3) is 10.8 Å². The minimum atomic E-state index is 0.218. The van der Waals surface area contributed by atoms with E-state index in [1.807, 2.05) is 0 Å². The Hall–Kier alpha value is -2.42. The smallest absolute Gasteiger partial charge is 0.115 e.